The van der Waals surface area contributed by atoms with Crippen molar-refractivity contribution >= 4 is 0 Å². The molecule has 1 N–H and O–H groups in total. The van der Waals surface area contributed by atoms with Crippen molar-refractivity contribution in [3.8, 4) is 0 Å². The Morgan fingerprint density at radius 3 is 2.25 bits per heavy atom. The highest BCUT2D eigenvalue weighted by molar-refractivity contribution is 4.79. The summed E-state index contributed by atoms with van der Waals surface area (Å²) >= 11 is 0. The largest absolute Gasteiger partial charge is 0.380 e. The summed E-state index contributed by atoms with van der Waals surface area (Å²) in [6.45, 7) is 20.5. The lowest BCUT2D eigenvalue weighted by molar-refractivity contribution is 0.0872. The fourth-order valence-corrected chi connectivity index (χ4v) is 3.86. The van der Waals surface area contributed by atoms with Crippen molar-refractivity contribution in [3.05, 3.63) is 0 Å². The van der Waals surface area contributed by atoms with Crippen molar-refractivity contribution in [1.29, 1.82) is 0 Å². The van der Waals surface area contributed by atoms with Gasteiger partial charge in [-0.1, -0.05) is 0 Å². The molecule has 142 valence electrons. The number of ether oxygens (including phenoxy) is 1. The lowest BCUT2D eigenvalue weighted by Gasteiger charge is -2.39. The molecule has 0 unspecified atom stereocenters. The monoisotopic (exact) mass is 340 g/mol. The topological polar surface area (TPSA) is 31.0 Å². The molecule has 2 rings (SSSR count). The molecular formula is C19H40N4O. The summed E-state index contributed by atoms with van der Waals surface area (Å²) < 4.78 is 5.35. The second kappa shape index (κ2) is 11.4. The Morgan fingerprint density at radius 1 is 0.958 bits per heavy atom. The van der Waals surface area contributed by atoms with Gasteiger partial charge in [-0.2, -0.15) is 0 Å². The number of nitrogens with zero attached hydrogens (tertiary/aromatic N) is 3. The first-order chi connectivity index (χ1) is 11.7. The molecule has 2 aliphatic heterocycles. The molecule has 0 atom stereocenters. The van der Waals surface area contributed by atoms with Gasteiger partial charge in [-0.05, 0) is 52.6 Å². The highest BCUT2D eigenvalue weighted by Gasteiger charge is 2.24. The van der Waals surface area contributed by atoms with Crippen molar-refractivity contribution in [1.82, 2.24) is 20.0 Å². The minimum atomic E-state index is 0.719. The predicted molar refractivity (Wildman–Crippen MR) is 102 cm³/mol. The van der Waals surface area contributed by atoms with Crippen LogP contribution in [0.25, 0.3) is 0 Å². The van der Waals surface area contributed by atoms with Crippen molar-refractivity contribution < 1.29 is 4.74 Å². The van der Waals surface area contributed by atoms with Gasteiger partial charge in [-0.3, -0.25) is 4.90 Å². The molecule has 0 saturated carbocycles. The van der Waals surface area contributed by atoms with E-state index in [4.69, 9.17) is 4.74 Å². The molecule has 5 nitrogen and oxygen atoms in total. The van der Waals surface area contributed by atoms with Crippen LogP contribution in [-0.2, 0) is 4.74 Å². The first-order valence-corrected chi connectivity index (χ1v) is 10.2. The molecule has 0 amide bonds. The predicted octanol–water partition coefficient (Wildman–Crippen LogP) is 1.35. The fourth-order valence-electron chi connectivity index (χ4n) is 3.86. The number of nitrogens with one attached hydrogen (secondary N) is 1. The van der Waals surface area contributed by atoms with Crippen LogP contribution < -0.4 is 5.32 Å². The van der Waals surface area contributed by atoms with Crippen LogP contribution in [0, 0.1) is 5.92 Å². The third kappa shape index (κ3) is 7.36. The molecule has 2 aliphatic rings. The normalized spacial score (nSPS) is 22.5. The minimum absolute atomic E-state index is 0.719. The second-order valence-corrected chi connectivity index (χ2v) is 7.66. The Balaban J connectivity index is 1.50. The first-order valence-electron chi connectivity index (χ1n) is 10.2. The lowest BCUT2D eigenvalue weighted by Crippen LogP contribution is -2.50. The van der Waals surface area contributed by atoms with E-state index in [1.807, 2.05) is 6.92 Å². The number of hydrogen-bond donors (Lipinski definition) is 1. The van der Waals surface area contributed by atoms with Crippen molar-refractivity contribution in [2.24, 2.45) is 5.92 Å². The number of piperidine rings is 1. The summed E-state index contributed by atoms with van der Waals surface area (Å²) in [7, 11) is 0. The molecule has 0 aromatic heterocycles. The SMILES string of the molecule is CCOCCNCCN1CCN(CC2CCN(C(C)C)CC2)CC1. The third-order valence-electron chi connectivity index (χ3n) is 5.59. The van der Waals surface area contributed by atoms with Crippen LogP contribution in [0.1, 0.15) is 33.6 Å². The quantitative estimate of drug-likeness (QED) is 0.607. The Kier molecular flexibility index (Phi) is 9.57. The molecule has 0 aromatic rings. The summed E-state index contributed by atoms with van der Waals surface area (Å²) in [5, 5.41) is 3.47. The van der Waals surface area contributed by atoms with Gasteiger partial charge < -0.3 is 19.9 Å². The molecule has 0 aliphatic carbocycles. The zero-order valence-electron chi connectivity index (χ0n) is 16.3. The maximum Gasteiger partial charge on any atom is 0.0590 e. The second-order valence-electron chi connectivity index (χ2n) is 7.66. The van der Waals surface area contributed by atoms with Crippen LogP contribution in [0.5, 0.6) is 0 Å². The van der Waals surface area contributed by atoms with E-state index in [2.05, 4.69) is 33.9 Å². The van der Waals surface area contributed by atoms with Gasteiger partial charge in [0.2, 0.25) is 0 Å². The van der Waals surface area contributed by atoms with E-state index in [1.54, 1.807) is 0 Å². The molecule has 0 spiro atoms. The van der Waals surface area contributed by atoms with Gasteiger partial charge in [0.15, 0.2) is 0 Å². The van der Waals surface area contributed by atoms with E-state index >= 15 is 0 Å². The molecule has 2 heterocycles. The molecule has 24 heavy (non-hydrogen) atoms. The Bertz CT molecular complexity index is 310. The standard InChI is InChI=1S/C19H40N4O/c1-4-24-16-8-20-7-11-21-12-14-22(15-13-21)17-19-5-9-23(10-6-19)18(2)3/h18-20H,4-17H2,1-3H3. The van der Waals surface area contributed by atoms with Crippen LogP contribution in [0.2, 0.25) is 0 Å². The maximum absolute atomic E-state index is 5.35. The lowest BCUT2D eigenvalue weighted by atomic mass is 9.95. The molecule has 2 fully saturated rings. The Labute approximate surface area is 149 Å². The minimum Gasteiger partial charge on any atom is -0.380 e. The van der Waals surface area contributed by atoms with E-state index in [0.29, 0.717) is 0 Å². The number of likely N-dealkylation sites (tertiary alicyclic amines) is 1. The van der Waals surface area contributed by atoms with Gasteiger partial charge in [0.1, 0.15) is 0 Å². The van der Waals surface area contributed by atoms with Crippen LogP contribution >= 0.6 is 0 Å². The maximum atomic E-state index is 5.35. The van der Waals surface area contributed by atoms with Gasteiger partial charge in [-0.15, -0.1) is 0 Å². The van der Waals surface area contributed by atoms with Crippen molar-refractivity contribution in [3.63, 3.8) is 0 Å². The van der Waals surface area contributed by atoms with Gasteiger partial charge in [0, 0.05) is 65.0 Å². The highest BCUT2D eigenvalue weighted by Crippen LogP contribution is 2.20. The fraction of sp³-hybridized carbons (Fsp3) is 1.00. The van der Waals surface area contributed by atoms with E-state index in [-0.39, 0.29) is 0 Å². The van der Waals surface area contributed by atoms with Crippen LogP contribution in [-0.4, -0.2) is 99.4 Å². The van der Waals surface area contributed by atoms with Crippen molar-refractivity contribution in [2.45, 2.75) is 39.7 Å². The molecule has 2 saturated heterocycles. The summed E-state index contributed by atoms with van der Waals surface area (Å²) in [4.78, 5) is 7.94. The number of rotatable bonds is 10. The van der Waals surface area contributed by atoms with Gasteiger partial charge in [0.25, 0.3) is 0 Å². The number of hydrogen-bond acceptors (Lipinski definition) is 5. The average molecular weight is 341 g/mol. The Hall–Kier alpha value is -0.200. The van der Waals surface area contributed by atoms with Gasteiger partial charge in [0.05, 0.1) is 6.61 Å². The molecule has 0 aromatic carbocycles. The van der Waals surface area contributed by atoms with E-state index < -0.39 is 0 Å². The first kappa shape index (κ1) is 20.1. The molecular weight excluding hydrogens is 300 g/mol. The summed E-state index contributed by atoms with van der Waals surface area (Å²) in [6, 6.07) is 0.719. The van der Waals surface area contributed by atoms with Crippen molar-refractivity contribution in [2.75, 3.05) is 78.7 Å². The number of piperazine rings is 1. The van der Waals surface area contributed by atoms with Crippen LogP contribution in [0.3, 0.4) is 0 Å². The summed E-state index contributed by atoms with van der Waals surface area (Å²) in [5.41, 5.74) is 0. The Morgan fingerprint density at radius 2 is 1.62 bits per heavy atom. The van der Waals surface area contributed by atoms with Crippen LogP contribution in [0.4, 0.5) is 0 Å². The van der Waals surface area contributed by atoms with E-state index in [0.717, 1.165) is 38.3 Å². The zero-order valence-corrected chi connectivity index (χ0v) is 16.3. The van der Waals surface area contributed by atoms with E-state index in [1.165, 1.54) is 65.2 Å². The third-order valence-corrected chi connectivity index (χ3v) is 5.59. The van der Waals surface area contributed by atoms with Gasteiger partial charge >= 0.3 is 0 Å². The summed E-state index contributed by atoms with van der Waals surface area (Å²) in [6.07, 6.45) is 2.78. The molecule has 0 radical (unpaired) electrons. The van der Waals surface area contributed by atoms with E-state index in [9.17, 15) is 0 Å². The smallest absolute Gasteiger partial charge is 0.0590 e. The van der Waals surface area contributed by atoms with Crippen LogP contribution in [0.15, 0.2) is 0 Å². The zero-order chi connectivity index (χ0) is 17.2. The van der Waals surface area contributed by atoms with Gasteiger partial charge in [-0.25, -0.2) is 0 Å². The molecule has 5 heteroatoms. The highest BCUT2D eigenvalue weighted by atomic mass is 16.5. The average Bonchev–Trinajstić information content (AvgIpc) is 2.60. The molecule has 0 bridgehead atoms. The summed E-state index contributed by atoms with van der Waals surface area (Å²) in [5.74, 6) is 0.923.